The van der Waals surface area contributed by atoms with Crippen LogP contribution in [0.25, 0.3) is 39.5 Å². The van der Waals surface area contributed by atoms with Crippen LogP contribution in [0.5, 0.6) is 0 Å². The second-order valence-corrected chi connectivity index (χ2v) is 29.8. The number of nitrogens with one attached hydrogen (secondary N) is 1. The molecule has 0 aliphatic rings. The number of fused-ring (bicyclic) bond motifs is 1. The van der Waals surface area contributed by atoms with Gasteiger partial charge in [-0.15, -0.1) is 0 Å². The summed E-state index contributed by atoms with van der Waals surface area (Å²) < 4.78 is 22.3. The van der Waals surface area contributed by atoms with Gasteiger partial charge in [-0.25, -0.2) is 28.3 Å². The maximum absolute atomic E-state index is 13.6. The predicted octanol–water partition coefficient (Wildman–Crippen LogP) is 22.6. The van der Waals surface area contributed by atoms with Crippen molar-refractivity contribution in [2.24, 2.45) is 4.99 Å². The molecule has 0 radical (unpaired) electrons. The molecular formula is C76H52Br4Cl8N12O6S. The lowest BCUT2D eigenvalue weighted by atomic mass is 10.2. The first-order valence-electron chi connectivity index (χ1n) is 30.6. The average Bonchev–Trinajstić information content (AvgIpc) is 1.68. The van der Waals surface area contributed by atoms with Crippen LogP contribution in [0.3, 0.4) is 0 Å². The summed E-state index contributed by atoms with van der Waals surface area (Å²) in [5.41, 5.74) is 19.5. The molecule has 3 heterocycles. The standard InChI is InChI=1S/C24H13BrClN5O.C13H8BrCl2N.C13H9BrClNO.C13H12N4O2.C7H4BrClO.C6H6ClN.Cl2OS/c25-17-6-4-16(5-7-17)22-29-23-21(24(32)30(22)19-10-8-18(26)9-11-19)14-28-31(23)20-3-1-2-15(12-20)13-27;14-10-3-1-9(2-4-10)13(16)17-12-7-5-11(15)6-8-12;14-10-3-1-9(2-4-10)13(17)16-12-7-5-11(15)6-8-12;1-2-19-13(18)11-8-16-17(12(11)15)10-5-3-4-9(6-10)7-14;8-6-3-1-5(2-4-6)7(9)10;7-5-1-3-6(8)4-2-5;1-4(2)3/h1-12,14H;1-8H;1-8H,(H,16,17);3-6,8H,2,15H2,1H3;1-4H;1-4H,8H2;. The minimum atomic E-state index is -1.67. The second kappa shape index (κ2) is 43.1. The Labute approximate surface area is 689 Å². The number of ether oxygens (including phenoxy) is 1. The number of nitrogen functional groups attached to an aromatic ring is 2. The van der Waals surface area contributed by atoms with E-state index >= 15 is 0 Å². The molecule has 0 atom stereocenters. The van der Waals surface area contributed by atoms with Gasteiger partial charge in [0.2, 0.25) is 9.23 Å². The van der Waals surface area contributed by atoms with Gasteiger partial charge in [-0.05, 0) is 225 Å². The lowest BCUT2D eigenvalue weighted by molar-refractivity contribution is 0.0527. The summed E-state index contributed by atoms with van der Waals surface area (Å²) in [6.07, 6.45) is 2.86. The summed E-state index contributed by atoms with van der Waals surface area (Å²) in [4.78, 5) is 56.8. The number of rotatable bonds is 11. The molecule has 13 rings (SSSR count). The minimum Gasteiger partial charge on any atom is -0.462 e. The monoisotopic (exact) mass is 1860 g/mol. The van der Waals surface area contributed by atoms with Gasteiger partial charge in [0, 0.05) is 93.0 Å². The van der Waals surface area contributed by atoms with E-state index in [2.05, 4.69) is 112 Å². The number of aliphatic imine (C=N–C) groups is 1. The Balaban J connectivity index is 0.000000186. The molecular weight excluding hydrogens is 1810 g/mol. The molecule has 10 aromatic carbocycles. The lowest BCUT2D eigenvalue weighted by Crippen LogP contribution is -2.22. The van der Waals surface area contributed by atoms with Gasteiger partial charge in [0.25, 0.3) is 16.7 Å². The summed E-state index contributed by atoms with van der Waals surface area (Å²) in [5.74, 6) is 0.00607. The maximum Gasteiger partial charge on any atom is 0.343 e. The van der Waals surface area contributed by atoms with E-state index in [1.165, 1.54) is 17.1 Å². The summed E-state index contributed by atoms with van der Waals surface area (Å²) in [6.45, 7) is 1.99. The van der Waals surface area contributed by atoms with E-state index in [0.29, 0.717) is 76.4 Å². The number of benzene rings is 10. The predicted molar refractivity (Wildman–Crippen MR) is 447 cm³/mol. The Bertz CT molecular complexity index is 5360. The summed E-state index contributed by atoms with van der Waals surface area (Å²) in [7, 11) is 7.36. The normalized spacial score (nSPS) is 10.3. The number of nitrogens with two attached hydrogens (primary N) is 2. The third kappa shape index (κ3) is 27.0. The quantitative estimate of drug-likeness (QED) is 0.0471. The van der Waals surface area contributed by atoms with Crippen LogP contribution in [-0.4, -0.2) is 62.2 Å². The van der Waals surface area contributed by atoms with Crippen LogP contribution in [0.1, 0.15) is 54.7 Å². The van der Waals surface area contributed by atoms with Crippen LogP contribution >= 0.6 is 155 Å². The zero-order valence-electron chi connectivity index (χ0n) is 55.0. The van der Waals surface area contributed by atoms with E-state index in [4.69, 9.17) is 100 Å². The molecule has 0 aliphatic carbocycles. The molecule has 13 aromatic rings. The van der Waals surface area contributed by atoms with E-state index < -0.39 is 20.4 Å². The van der Waals surface area contributed by atoms with E-state index in [1.807, 2.05) is 84.9 Å². The molecule has 0 saturated carbocycles. The van der Waals surface area contributed by atoms with E-state index in [-0.39, 0.29) is 29.5 Å². The number of carbonyl (C=O) groups is 3. The fourth-order valence-corrected chi connectivity index (χ4v) is 10.7. The largest absolute Gasteiger partial charge is 0.462 e. The lowest BCUT2D eigenvalue weighted by Gasteiger charge is -2.14. The van der Waals surface area contributed by atoms with Gasteiger partial charge in [-0.2, -0.15) is 20.7 Å². The Morgan fingerprint density at radius 1 is 0.561 bits per heavy atom. The Kier molecular flexibility index (Phi) is 34.4. The van der Waals surface area contributed by atoms with Crippen molar-refractivity contribution in [2.45, 2.75) is 6.92 Å². The number of halogens is 12. The van der Waals surface area contributed by atoms with Crippen molar-refractivity contribution in [2.75, 3.05) is 23.4 Å². The molecule has 18 nitrogen and oxygen atoms in total. The fourth-order valence-electron chi connectivity index (χ4n) is 8.79. The molecule has 542 valence electrons. The van der Waals surface area contributed by atoms with Crippen molar-refractivity contribution in [3.63, 3.8) is 0 Å². The molecule has 0 fully saturated rings. The van der Waals surface area contributed by atoms with Crippen molar-refractivity contribution in [3.05, 3.63) is 337 Å². The van der Waals surface area contributed by atoms with Gasteiger partial charge >= 0.3 is 5.97 Å². The number of nitrogens with zero attached hydrogens (tertiary/aromatic N) is 9. The number of esters is 1. The minimum absolute atomic E-state index is 0.139. The highest BCUT2D eigenvalue weighted by Gasteiger charge is 2.20. The van der Waals surface area contributed by atoms with E-state index in [9.17, 15) is 24.4 Å². The summed E-state index contributed by atoms with van der Waals surface area (Å²) in [5, 5.41) is 32.4. The molecule has 0 spiro atoms. The van der Waals surface area contributed by atoms with Crippen LogP contribution in [0.2, 0.25) is 20.1 Å². The molecule has 107 heavy (non-hydrogen) atoms. The molecule has 0 unspecified atom stereocenters. The number of hydrogen-bond donors (Lipinski definition) is 3. The number of anilines is 3. The molecule has 31 heteroatoms. The van der Waals surface area contributed by atoms with Crippen molar-refractivity contribution in [1.29, 1.82) is 10.5 Å². The van der Waals surface area contributed by atoms with Gasteiger partial charge in [0.1, 0.15) is 27.8 Å². The first kappa shape index (κ1) is 85.3. The number of amides is 1. The molecule has 3 aromatic heterocycles. The highest BCUT2D eigenvalue weighted by Crippen LogP contribution is 2.28. The van der Waals surface area contributed by atoms with Gasteiger partial charge in [0.05, 0.1) is 65.0 Å². The molecule has 0 aliphatic heterocycles. The Morgan fingerprint density at radius 3 is 1.46 bits per heavy atom. The maximum atomic E-state index is 13.6. The SMILES string of the molecule is CCOC(=O)c1cnn(-c2cccc(C#N)c2)c1N.ClC(=Nc1ccc(Cl)cc1)c1ccc(Br)cc1.N#Cc1cccc(-n2ncc3c(=O)n(-c4ccc(Cl)cc4)c(-c4ccc(Br)cc4)nc32)c1.Nc1ccc(Cl)cc1.O=C(Cl)c1ccc(Br)cc1.O=C(Nc1ccc(Cl)cc1)c1ccc(Br)cc1.O=S(Cl)Cl. The molecule has 1 amide bonds. The van der Waals surface area contributed by atoms with Crippen molar-refractivity contribution in [3.8, 4) is 40.6 Å². The Hall–Kier alpha value is -8.99. The zero-order valence-corrected chi connectivity index (χ0v) is 68.2. The third-order valence-corrected chi connectivity index (χ3v) is 17.5. The number of hydrogen-bond acceptors (Lipinski definition) is 14. The van der Waals surface area contributed by atoms with Gasteiger partial charge in [0.15, 0.2) is 5.65 Å². The highest BCUT2D eigenvalue weighted by molar-refractivity contribution is 9.11. The van der Waals surface area contributed by atoms with E-state index in [1.54, 1.807) is 180 Å². The average molecular weight is 1860 g/mol. The first-order chi connectivity index (χ1) is 51.2. The van der Waals surface area contributed by atoms with Crippen LogP contribution in [-0.2, 0) is 14.0 Å². The van der Waals surface area contributed by atoms with Crippen molar-refractivity contribution in [1.82, 2.24) is 29.1 Å². The zero-order chi connectivity index (χ0) is 77.7. The van der Waals surface area contributed by atoms with Crippen LogP contribution in [0.4, 0.5) is 22.9 Å². The van der Waals surface area contributed by atoms with Gasteiger partial charge < -0.3 is 21.5 Å². The summed E-state index contributed by atoms with van der Waals surface area (Å²) >= 11 is 47.9. The second-order valence-electron chi connectivity index (χ2n) is 21.1. The number of nitriles is 2. The van der Waals surface area contributed by atoms with E-state index in [0.717, 1.165) is 51.1 Å². The molecule has 5 N–H and O–H groups in total. The van der Waals surface area contributed by atoms with Crippen LogP contribution < -0.4 is 22.3 Å². The van der Waals surface area contributed by atoms with Gasteiger partial charge in [-0.1, -0.05) is 158 Å². The van der Waals surface area contributed by atoms with Crippen molar-refractivity contribution >= 4 is 220 Å². The fraction of sp³-hybridized carbons (Fsp3) is 0.0263. The van der Waals surface area contributed by atoms with Crippen LogP contribution in [0.15, 0.2) is 283 Å². The summed E-state index contributed by atoms with van der Waals surface area (Å²) in [6, 6.07) is 75.5. The molecule has 0 bridgehead atoms. The number of carbonyl (C=O) groups excluding carboxylic acids is 3. The number of aromatic nitrogens is 6. The molecule has 0 saturated heterocycles. The highest BCUT2D eigenvalue weighted by atomic mass is 79.9. The smallest absolute Gasteiger partial charge is 0.343 e. The Morgan fingerprint density at radius 2 is 0.991 bits per heavy atom. The van der Waals surface area contributed by atoms with Crippen molar-refractivity contribution < 1.29 is 23.3 Å². The van der Waals surface area contributed by atoms with Gasteiger partial charge in [-0.3, -0.25) is 19.0 Å². The first-order valence-corrected chi connectivity index (χ1v) is 38.8. The van der Waals surface area contributed by atoms with Crippen LogP contribution in [0, 0.1) is 22.7 Å². The third-order valence-electron chi connectivity index (χ3n) is 13.8. The topological polar surface area (TPSA) is 272 Å².